The Morgan fingerprint density at radius 2 is 1.91 bits per heavy atom. The Labute approximate surface area is 184 Å². The number of hydrogen-bond acceptors (Lipinski definition) is 11. The van der Waals surface area contributed by atoms with Gasteiger partial charge in [-0.05, 0) is 12.5 Å². The molecular weight excluding hydrogens is 518 g/mol. The second-order valence-corrected chi connectivity index (χ2v) is 11.0. The smallest absolute Gasteiger partial charge is 0.386 e. The number of hydrogen-bond donors (Lipinski definition) is 6. The van der Waals surface area contributed by atoms with Crippen molar-refractivity contribution >= 4 is 29.3 Å². The standard InChI is InChI=1S/C13H21FN3O13P3/c1-2-3-5-13(7-27-32(23,24)30-33(25,26)29-31(20,21)22)10(18)9(14)11(28-13)17-6-4-8(15)16-12(17)19/h3-6,9-11,18H,2,7H2,1H3,(H,23,24)(H,25,26)(H2,15,16,19)(H2,20,21,22)/b5-3+/t9-,10+,11?,13-/m1/s1. The van der Waals surface area contributed by atoms with Crippen molar-refractivity contribution in [3.05, 3.63) is 34.9 Å². The summed E-state index contributed by atoms with van der Waals surface area (Å²) in [5.74, 6) is -0.171. The molecule has 0 aromatic carbocycles. The Kier molecular flexibility index (Phi) is 8.56. The highest BCUT2D eigenvalue weighted by atomic mass is 31.3. The molecule has 1 aromatic rings. The minimum Gasteiger partial charge on any atom is -0.386 e. The number of aromatic nitrogens is 2. The molecule has 16 nitrogen and oxygen atoms in total. The molecule has 0 radical (unpaired) electrons. The van der Waals surface area contributed by atoms with Crippen LogP contribution in [0.15, 0.2) is 29.2 Å². The van der Waals surface area contributed by atoms with Crippen LogP contribution in [0.1, 0.15) is 19.6 Å². The van der Waals surface area contributed by atoms with Crippen molar-refractivity contribution in [2.24, 2.45) is 0 Å². The zero-order chi connectivity index (χ0) is 25.2. The molecule has 1 saturated heterocycles. The van der Waals surface area contributed by atoms with Crippen LogP contribution in [0.4, 0.5) is 10.2 Å². The Bertz CT molecular complexity index is 1090. The number of nitrogens with two attached hydrogens (primary N) is 1. The topological polar surface area (TPSA) is 250 Å². The molecular formula is C13H21FN3O13P3. The second-order valence-electron chi connectivity index (χ2n) is 6.57. The van der Waals surface area contributed by atoms with Crippen LogP contribution in [0, 0.1) is 0 Å². The number of alkyl halides is 1. The van der Waals surface area contributed by atoms with Gasteiger partial charge in [-0.3, -0.25) is 9.09 Å². The quantitative estimate of drug-likeness (QED) is 0.170. The molecule has 7 N–H and O–H groups in total. The van der Waals surface area contributed by atoms with Gasteiger partial charge in [-0.25, -0.2) is 22.9 Å². The molecule has 6 atom stereocenters. The van der Waals surface area contributed by atoms with Gasteiger partial charge in [0.2, 0.25) is 0 Å². The SMILES string of the molecule is CC/C=C/[C@]1(COP(=O)(O)OP(=O)(O)OP(=O)(O)O)OC(n2ccc(N)nc2=O)[C@H](F)[C@@H]1O. The molecule has 2 heterocycles. The summed E-state index contributed by atoms with van der Waals surface area (Å²) in [7, 11) is -17.0. The number of nitrogens with zero attached hydrogens (tertiary/aromatic N) is 2. The van der Waals surface area contributed by atoms with E-state index in [0.717, 1.165) is 18.3 Å². The first kappa shape index (κ1) is 27.9. The van der Waals surface area contributed by atoms with Gasteiger partial charge in [-0.2, -0.15) is 13.6 Å². The number of phosphoric ester groups is 1. The predicted octanol–water partition coefficient (Wildman–Crippen LogP) is 0.102. The summed E-state index contributed by atoms with van der Waals surface area (Å²) in [6, 6.07) is 1.15. The first-order chi connectivity index (χ1) is 15.0. The van der Waals surface area contributed by atoms with Gasteiger partial charge < -0.3 is 35.2 Å². The van der Waals surface area contributed by atoms with Gasteiger partial charge in [0, 0.05) is 6.20 Å². The van der Waals surface area contributed by atoms with Crippen molar-refractivity contribution in [2.75, 3.05) is 12.3 Å². The number of anilines is 1. The predicted molar refractivity (Wildman–Crippen MR) is 106 cm³/mol. The van der Waals surface area contributed by atoms with Gasteiger partial charge in [0.1, 0.15) is 17.5 Å². The molecule has 3 unspecified atom stereocenters. The highest BCUT2D eigenvalue weighted by Gasteiger charge is 2.56. The average molecular weight is 539 g/mol. The summed E-state index contributed by atoms with van der Waals surface area (Å²) in [5.41, 5.74) is 2.13. The third-order valence-corrected chi connectivity index (χ3v) is 7.83. The number of halogens is 1. The Morgan fingerprint density at radius 3 is 2.45 bits per heavy atom. The maximum Gasteiger partial charge on any atom is 0.490 e. The lowest BCUT2D eigenvalue weighted by molar-refractivity contribution is -0.0967. The van der Waals surface area contributed by atoms with E-state index in [-0.39, 0.29) is 5.82 Å². The molecule has 33 heavy (non-hydrogen) atoms. The van der Waals surface area contributed by atoms with E-state index < -0.39 is 59.9 Å². The van der Waals surface area contributed by atoms with E-state index in [1.807, 2.05) is 0 Å². The zero-order valence-electron chi connectivity index (χ0n) is 16.6. The maximum absolute atomic E-state index is 14.9. The zero-order valence-corrected chi connectivity index (χ0v) is 19.3. The molecule has 20 heteroatoms. The van der Waals surface area contributed by atoms with Gasteiger partial charge in [0.15, 0.2) is 12.4 Å². The van der Waals surface area contributed by atoms with E-state index in [2.05, 4.69) is 18.1 Å². The lowest BCUT2D eigenvalue weighted by atomic mass is 9.96. The number of allylic oxidation sites excluding steroid dienone is 1. The van der Waals surface area contributed by atoms with Crippen LogP contribution in [-0.4, -0.2) is 58.7 Å². The third kappa shape index (κ3) is 7.33. The van der Waals surface area contributed by atoms with E-state index in [0.29, 0.717) is 11.0 Å². The summed E-state index contributed by atoms with van der Waals surface area (Å²) >= 11 is 0. The van der Waals surface area contributed by atoms with Crippen molar-refractivity contribution in [2.45, 2.75) is 37.4 Å². The largest absolute Gasteiger partial charge is 0.490 e. The maximum atomic E-state index is 14.9. The lowest BCUT2D eigenvalue weighted by Gasteiger charge is -2.29. The van der Waals surface area contributed by atoms with Crippen LogP contribution < -0.4 is 11.4 Å². The second kappa shape index (κ2) is 10.1. The molecule has 1 aliphatic heterocycles. The molecule has 0 amide bonds. The van der Waals surface area contributed by atoms with E-state index in [1.54, 1.807) is 6.92 Å². The number of ether oxygens (including phenoxy) is 1. The average Bonchev–Trinajstić information content (AvgIpc) is 2.88. The van der Waals surface area contributed by atoms with Gasteiger partial charge in [-0.1, -0.05) is 19.1 Å². The fourth-order valence-electron chi connectivity index (χ4n) is 2.72. The fourth-order valence-corrected chi connectivity index (χ4v) is 5.78. The van der Waals surface area contributed by atoms with Crippen molar-refractivity contribution < 1.29 is 60.6 Å². The fraction of sp³-hybridized carbons (Fsp3) is 0.538. The van der Waals surface area contributed by atoms with Gasteiger partial charge in [-0.15, -0.1) is 0 Å². The third-order valence-electron chi connectivity index (χ3n) is 4.05. The molecule has 1 fully saturated rings. The molecule has 0 bridgehead atoms. The summed E-state index contributed by atoms with van der Waals surface area (Å²) in [4.78, 5) is 51.4. The molecule has 1 aromatic heterocycles. The normalized spacial score (nSPS) is 29.7. The van der Waals surface area contributed by atoms with E-state index in [9.17, 15) is 37.8 Å². The first-order valence-corrected chi connectivity index (χ1v) is 13.3. The molecule has 2 rings (SSSR count). The monoisotopic (exact) mass is 539 g/mol. The summed E-state index contributed by atoms with van der Waals surface area (Å²) in [5, 5.41) is 10.5. The number of aliphatic hydroxyl groups excluding tert-OH is 1. The highest BCUT2D eigenvalue weighted by molar-refractivity contribution is 7.66. The Hall–Kier alpha value is -1.32. The van der Waals surface area contributed by atoms with Crippen LogP contribution in [-0.2, 0) is 31.6 Å². The minimum atomic E-state index is -5.80. The van der Waals surface area contributed by atoms with Crippen LogP contribution in [0.25, 0.3) is 0 Å². The van der Waals surface area contributed by atoms with Crippen molar-refractivity contribution in [1.82, 2.24) is 9.55 Å². The Balaban J connectivity index is 2.30. The van der Waals surface area contributed by atoms with Crippen LogP contribution >= 0.6 is 23.5 Å². The number of nitrogen functional groups attached to an aromatic ring is 1. The molecule has 1 aliphatic rings. The van der Waals surface area contributed by atoms with Crippen molar-refractivity contribution in [1.29, 1.82) is 0 Å². The Morgan fingerprint density at radius 1 is 1.27 bits per heavy atom. The highest BCUT2D eigenvalue weighted by Crippen LogP contribution is 2.66. The van der Waals surface area contributed by atoms with Crippen molar-refractivity contribution in [3.8, 4) is 0 Å². The van der Waals surface area contributed by atoms with E-state index in [4.69, 9.17) is 20.3 Å². The van der Waals surface area contributed by atoms with Crippen LogP contribution in [0.2, 0.25) is 0 Å². The van der Waals surface area contributed by atoms with E-state index >= 15 is 0 Å². The lowest BCUT2D eigenvalue weighted by Crippen LogP contribution is -2.44. The number of aliphatic hydroxyl groups is 1. The number of phosphoric acid groups is 3. The first-order valence-electron chi connectivity index (χ1n) is 8.81. The molecule has 0 saturated carbocycles. The van der Waals surface area contributed by atoms with Crippen LogP contribution in [0.3, 0.4) is 0 Å². The molecule has 0 aliphatic carbocycles. The summed E-state index contributed by atoms with van der Waals surface area (Å²) < 4.78 is 66.9. The summed E-state index contributed by atoms with van der Waals surface area (Å²) in [6.07, 6.45) is -2.38. The van der Waals surface area contributed by atoms with Gasteiger partial charge >= 0.3 is 29.2 Å². The van der Waals surface area contributed by atoms with E-state index in [1.165, 1.54) is 6.08 Å². The number of rotatable bonds is 10. The van der Waals surface area contributed by atoms with Gasteiger partial charge in [0.05, 0.1) is 6.61 Å². The van der Waals surface area contributed by atoms with Crippen molar-refractivity contribution in [3.63, 3.8) is 0 Å². The molecule has 188 valence electrons. The van der Waals surface area contributed by atoms with Gasteiger partial charge in [0.25, 0.3) is 0 Å². The minimum absolute atomic E-state index is 0.171. The summed E-state index contributed by atoms with van der Waals surface area (Å²) in [6.45, 7) is 0.467. The molecule has 0 spiro atoms. The van der Waals surface area contributed by atoms with Crippen LogP contribution in [0.5, 0.6) is 0 Å².